The molecular formula is C14H18BrN5. The summed E-state index contributed by atoms with van der Waals surface area (Å²) in [6.45, 7) is 2.09. The summed E-state index contributed by atoms with van der Waals surface area (Å²) in [6, 6.07) is 10.1. The average molecular weight is 336 g/mol. The van der Waals surface area contributed by atoms with Gasteiger partial charge in [0.1, 0.15) is 18.0 Å². The Labute approximate surface area is 127 Å². The Morgan fingerprint density at radius 3 is 2.70 bits per heavy atom. The van der Waals surface area contributed by atoms with Gasteiger partial charge in [-0.1, -0.05) is 28.1 Å². The van der Waals surface area contributed by atoms with Crippen molar-refractivity contribution in [3.8, 4) is 0 Å². The van der Waals surface area contributed by atoms with Crippen molar-refractivity contribution in [1.82, 2.24) is 9.97 Å². The number of halogens is 1. The summed E-state index contributed by atoms with van der Waals surface area (Å²) >= 11 is 3.42. The fourth-order valence-electron chi connectivity index (χ4n) is 1.76. The van der Waals surface area contributed by atoms with Crippen molar-refractivity contribution in [2.45, 2.75) is 6.54 Å². The lowest BCUT2D eigenvalue weighted by molar-refractivity contribution is 0.863. The fourth-order valence-corrected chi connectivity index (χ4v) is 2.02. The van der Waals surface area contributed by atoms with E-state index in [0.29, 0.717) is 6.54 Å². The number of anilines is 2. The number of nitrogens with two attached hydrogens (primary N) is 1. The topological polar surface area (TPSA) is 67.1 Å². The van der Waals surface area contributed by atoms with Crippen LogP contribution in [0.3, 0.4) is 0 Å². The zero-order valence-electron chi connectivity index (χ0n) is 11.4. The van der Waals surface area contributed by atoms with Crippen LogP contribution < -0.4 is 16.0 Å². The molecule has 1 aromatic heterocycles. The molecule has 0 atom stereocenters. The van der Waals surface area contributed by atoms with Crippen molar-refractivity contribution in [2.24, 2.45) is 5.73 Å². The van der Waals surface area contributed by atoms with Gasteiger partial charge in [0.2, 0.25) is 0 Å². The minimum absolute atomic E-state index is 0.599. The number of nitrogens with zero attached hydrogens (tertiary/aromatic N) is 3. The molecule has 0 radical (unpaired) electrons. The molecule has 6 heteroatoms. The van der Waals surface area contributed by atoms with E-state index >= 15 is 0 Å². The van der Waals surface area contributed by atoms with Gasteiger partial charge in [-0.15, -0.1) is 0 Å². The molecule has 0 unspecified atom stereocenters. The lowest BCUT2D eigenvalue weighted by Crippen LogP contribution is -2.25. The minimum atomic E-state index is 0.599. The number of likely N-dealkylation sites (N-methyl/N-ethyl adjacent to an activating group) is 1. The highest BCUT2D eigenvalue weighted by molar-refractivity contribution is 9.10. The van der Waals surface area contributed by atoms with Crippen molar-refractivity contribution < 1.29 is 0 Å². The van der Waals surface area contributed by atoms with Crippen molar-refractivity contribution in [3.05, 3.63) is 46.7 Å². The first kappa shape index (κ1) is 14.7. The van der Waals surface area contributed by atoms with Crippen molar-refractivity contribution in [1.29, 1.82) is 0 Å². The standard InChI is InChI=1S/C14H18BrN5/c1-20(7-6-16)14-8-13(18-10-19-14)17-9-11-2-4-12(15)5-3-11/h2-5,8,10H,6-7,9,16H2,1H3,(H,17,18,19). The van der Waals surface area contributed by atoms with Crippen LogP contribution in [0.5, 0.6) is 0 Å². The van der Waals surface area contributed by atoms with Crippen molar-refractivity contribution in [3.63, 3.8) is 0 Å². The van der Waals surface area contributed by atoms with E-state index in [4.69, 9.17) is 5.73 Å². The Balaban J connectivity index is 1.99. The molecule has 0 bridgehead atoms. The molecule has 2 aromatic rings. The molecule has 0 amide bonds. The van der Waals surface area contributed by atoms with Crippen LogP contribution in [0.4, 0.5) is 11.6 Å². The quantitative estimate of drug-likeness (QED) is 0.847. The Bertz CT molecular complexity index is 544. The second-order valence-electron chi connectivity index (χ2n) is 4.45. The molecule has 1 heterocycles. The van der Waals surface area contributed by atoms with E-state index in [2.05, 4.69) is 43.3 Å². The van der Waals surface area contributed by atoms with E-state index in [1.165, 1.54) is 5.56 Å². The molecule has 1 aromatic carbocycles. The predicted octanol–water partition coefficient (Wildman–Crippen LogP) is 2.25. The van der Waals surface area contributed by atoms with Crippen LogP contribution in [0.25, 0.3) is 0 Å². The Hall–Kier alpha value is -1.66. The first-order valence-electron chi connectivity index (χ1n) is 6.40. The van der Waals surface area contributed by atoms with E-state index < -0.39 is 0 Å². The number of rotatable bonds is 6. The van der Waals surface area contributed by atoms with Crippen LogP contribution in [-0.4, -0.2) is 30.1 Å². The first-order chi connectivity index (χ1) is 9.69. The Kier molecular flexibility index (Phi) is 5.31. The summed E-state index contributed by atoms with van der Waals surface area (Å²) in [5, 5.41) is 3.29. The summed E-state index contributed by atoms with van der Waals surface area (Å²) in [5.41, 5.74) is 6.75. The minimum Gasteiger partial charge on any atom is -0.366 e. The highest BCUT2D eigenvalue weighted by atomic mass is 79.9. The van der Waals surface area contributed by atoms with E-state index in [1.807, 2.05) is 30.1 Å². The van der Waals surface area contributed by atoms with Gasteiger partial charge in [-0.25, -0.2) is 9.97 Å². The van der Waals surface area contributed by atoms with Crippen LogP contribution in [-0.2, 0) is 6.54 Å². The Morgan fingerprint density at radius 2 is 2.00 bits per heavy atom. The van der Waals surface area contributed by atoms with Gasteiger partial charge in [0, 0.05) is 37.2 Å². The molecular weight excluding hydrogens is 318 g/mol. The molecule has 0 aliphatic carbocycles. The zero-order valence-corrected chi connectivity index (χ0v) is 13.0. The van der Waals surface area contributed by atoms with Crippen LogP contribution >= 0.6 is 15.9 Å². The zero-order chi connectivity index (χ0) is 14.4. The summed E-state index contributed by atoms with van der Waals surface area (Å²) < 4.78 is 1.08. The number of nitrogens with one attached hydrogen (secondary N) is 1. The van der Waals surface area contributed by atoms with Crippen molar-refractivity contribution >= 4 is 27.6 Å². The highest BCUT2D eigenvalue weighted by Gasteiger charge is 2.03. The third-order valence-electron chi connectivity index (χ3n) is 2.90. The Morgan fingerprint density at radius 1 is 1.25 bits per heavy atom. The molecule has 20 heavy (non-hydrogen) atoms. The van der Waals surface area contributed by atoms with E-state index in [-0.39, 0.29) is 0 Å². The summed E-state index contributed by atoms with van der Waals surface area (Å²) in [7, 11) is 1.97. The first-order valence-corrected chi connectivity index (χ1v) is 7.20. The summed E-state index contributed by atoms with van der Waals surface area (Å²) in [4.78, 5) is 10.5. The third kappa shape index (κ3) is 4.18. The third-order valence-corrected chi connectivity index (χ3v) is 3.42. The lowest BCUT2D eigenvalue weighted by atomic mass is 10.2. The van der Waals surface area contributed by atoms with Crippen molar-refractivity contribution in [2.75, 3.05) is 30.4 Å². The monoisotopic (exact) mass is 335 g/mol. The fraction of sp³-hybridized carbons (Fsp3) is 0.286. The van der Waals surface area contributed by atoms with Gasteiger partial charge in [0.05, 0.1) is 0 Å². The average Bonchev–Trinajstić information content (AvgIpc) is 2.47. The molecule has 0 spiro atoms. The largest absolute Gasteiger partial charge is 0.366 e. The molecule has 0 saturated carbocycles. The molecule has 0 aliphatic rings. The second-order valence-corrected chi connectivity index (χ2v) is 5.37. The van der Waals surface area contributed by atoms with Gasteiger partial charge < -0.3 is 16.0 Å². The van der Waals surface area contributed by atoms with Crippen LogP contribution in [0.2, 0.25) is 0 Å². The normalized spacial score (nSPS) is 10.3. The number of hydrogen-bond acceptors (Lipinski definition) is 5. The predicted molar refractivity (Wildman–Crippen MR) is 85.8 cm³/mol. The maximum absolute atomic E-state index is 5.55. The number of aromatic nitrogens is 2. The van der Waals surface area contributed by atoms with E-state index in [9.17, 15) is 0 Å². The van der Waals surface area contributed by atoms with E-state index in [0.717, 1.165) is 29.2 Å². The number of hydrogen-bond donors (Lipinski definition) is 2. The summed E-state index contributed by atoms with van der Waals surface area (Å²) in [5.74, 6) is 1.67. The molecule has 3 N–H and O–H groups in total. The molecule has 5 nitrogen and oxygen atoms in total. The molecule has 0 fully saturated rings. The molecule has 0 saturated heterocycles. The molecule has 2 rings (SSSR count). The SMILES string of the molecule is CN(CCN)c1cc(NCc2ccc(Br)cc2)ncn1. The van der Waals surface area contributed by atoms with Crippen LogP contribution in [0.1, 0.15) is 5.56 Å². The van der Waals surface area contributed by atoms with E-state index in [1.54, 1.807) is 6.33 Å². The van der Waals surface area contributed by atoms with Crippen LogP contribution in [0.15, 0.2) is 41.1 Å². The van der Waals surface area contributed by atoms with Gasteiger partial charge in [-0.2, -0.15) is 0 Å². The van der Waals surface area contributed by atoms with Gasteiger partial charge in [0.25, 0.3) is 0 Å². The summed E-state index contributed by atoms with van der Waals surface area (Å²) in [6.07, 6.45) is 1.56. The maximum atomic E-state index is 5.55. The van der Waals surface area contributed by atoms with Gasteiger partial charge >= 0.3 is 0 Å². The van der Waals surface area contributed by atoms with Gasteiger partial charge in [-0.3, -0.25) is 0 Å². The lowest BCUT2D eigenvalue weighted by Gasteiger charge is -2.17. The van der Waals surface area contributed by atoms with Gasteiger partial charge in [-0.05, 0) is 17.7 Å². The molecule has 0 aliphatic heterocycles. The second kappa shape index (κ2) is 7.21. The molecule has 106 valence electrons. The van der Waals surface area contributed by atoms with Crippen LogP contribution in [0, 0.1) is 0 Å². The highest BCUT2D eigenvalue weighted by Crippen LogP contribution is 2.14. The smallest absolute Gasteiger partial charge is 0.133 e. The maximum Gasteiger partial charge on any atom is 0.133 e. The number of benzene rings is 1. The van der Waals surface area contributed by atoms with Gasteiger partial charge in [0.15, 0.2) is 0 Å².